The van der Waals surface area contributed by atoms with Crippen LogP contribution in [0.4, 0.5) is 9.59 Å². The molecular weight excluding hydrogens is 777 g/mol. The van der Waals surface area contributed by atoms with E-state index < -0.39 is 74.8 Å². The summed E-state index contributed by atoms with van der Waals surface area (Å²) in [5.74, 6) is -2.39. The lowest BCUT2D eigenvalue weighted by Crippen LogP contribution is -2.58. The Labute approximate surface area is 347 Å². The third-order valence-corrected chi connectivity index (χ3v) is 15.3. The fourth-order valence-corrected chi connectivity index (χ4v) is 11.2. The third-order valence-electron chi connectivity index (χ3n) is 13.5. The molecule has 1 aromatic carbocycles. The number of piperidine rings is 1. The van der Waals surface area contributed by atoms with Gasteiger partial charge in [0, 0.05) is 25.4 Å². The van der Waals surface area contributed by atoms with Crippen molar-refractivity contribution in [3.63, 3.8) is 0 Å². The van der Waals surface area contributed by atoms with Gasteiger partial charge in [0.05, 0.1) is 17.8 Å². The molecule has 0 radical (unpaired) electrons. The molecule has 2 saturated heterocycles. The molecule has 8 rings (SSSR count). The van der Waals surface area contributed by atoms with Crippen molar-refractivity contribution in [3.8, 4) is 0 Å². The summed E-state index contributed by atoms with van der Waals surface area (Å²) in [6.45, 7) is 2.96. The van der Waals surface area contributed by atoms with Crippen LogP contribution in [-0.4, -0.2) is 121 Å². The summed E-state index contributed by atoms with van der Waals surface area (Å²) in [5.41, 5.74) is 0.771. The predicted octanol–water partition coefficient (Wildman–Crippen LogP) is 4.22. The Morgan fingerprint density at radius 3 is 2.39 bits per heavy atom. The van der Waals surface area contributed by atoms with E-state index in [1.54, 1.807) is 4.90 Å². The zero-order valence-corrected chi connectivity index (χ0v) is 34.8. The smallest absolute Gasteiger partial charge is 0.410 e. The van der Waals surface area contributed by atoms with Gasteiger partial charge in [-0.2, -0.15) is 0 Å². The summed E-state index contributed by atoms with van der Waals surface area (Å²) in [7, 11) is -3.91. The number of benzene rings is 1. The SMILES string of the molecule is O=C(N[C@H]1CCCCC/C=C\[C@@H]2C[C@@]2(C(=O)NS(=O)(=O)C2CC2)NC(=O)C2C[C@@H](OC(=O)N3CCc4ccccc4[C@H]3CN3CCCCC3)CN2C1=O)OC1CCCC1. The van der Waals surface area contributed by atoms with Crippen LogP contribution in [-0.2, 0) is 40.3 Å². The highest BCUT2D eigenvalue weighted by Crippen LogP contribution is 2.46. The Bertz CT molecular complexity index is 1890. The molecule has 3 N–H and O–H groups in total. The van der Waals surface area contributed by atoms with Crippen LogP contribution < -0.4 is 15.4 Å². The summed E-state index contributed by atoms with van der Waals surface area (Å²) in [6.07, 6.45) is 13.4. The molecule has 0 spiro atoms. The molecule has 1 unspecified atom stereocenters. The highest BCUT2D eigenvalue weighted by molar-refractivity contribution is 7.91. The average Bonchev–Trinajstić information content (AvgIpc) is 4.10. The van der Waals surface area contributed by atoms with Crippen LogP contribution in [0.5, 0.6) is 0 Å². The highest BCUT2D eigenvalue weighted by Gasteiger charge is 2.62. The van der Waals surface area contributed by atoms with E-state index in [0.717, 1.165) is 70.0 Å². The molecule has 322 valence electrons. The first-order valence-electron chi connectivity index (χ1n) is 22.1. The van der Waals surface area contributed by atoms with E-state index in [0.29, 0.717) is 51.6 Å². The standard InChI is InChI=1S/C43H60N6O9S/c50-38-36-25-32(58-42(54)48-24-21-29-13-7-10-17-34(29)37(48)28-47-22-11-4-12-23-47)27-49(36)39(51)35(44-41(53)57-31-15-8-9-16-31)18-6-3-1-2-5-14-30-26-43(30,45-38)40(52)46-59(55,56)33-19-20-33/h5,7,10,13-14,17,30-33,35-37H,1-4,6,8-9,11-12,15-16,18-28H2,(H,44,53)(H,45,50)(H,46,52)/b14-5-/t30-,32-,35+,36?,37-,43-/m1/s1. The minimum Gasteiger partial charge on any atom is -0.446 e. The second-order valence-electron chi connectivity index (χ2n) is 17.8. The van der Waals surface area contributed by atoms with E-state index in [-0.39, 0.29) is 31.5 Å². The van der Waals surface area contributed by atoms with Gasteiger partial charge in [0.2, 0.25) is 21.8 Å². The van der Waals surface area contributed by atoms with Gasteiger partial charge in [-0.25, -0.2) is 18.0 Å². The number of rotatable bonds is 8. The fourth-order valence-electron chi connectivity index (χ4n) is 9.85. The number of nitrogens with one attached hydrogen (secondary N) is 3. The summed E-state index contributed by atoms with van der Waals surface area (Å²) < 4.78 is 40.0. The zero-order valence-electron chi connectivity index (χ0n) is 34.0. The molecule has 59 heavy (non-hydrogen) atoms. The molecule has 4 aliphatic heterocycles. The number of carbonyl (C=O) groups excluding carboxylic acids is 5. The molecule has 0 aromatic heterocycles. The number of hydrogen-bond donors (Lipinski definition) is 3. The topological polar surface area (TPSA) is 184 Å². The lowest BCUT2D eigenvalue weighted by atomic mass is 9.92. The zero-order chi connectivity index (χ0) is 41.1. The number of likely N-dealkylation sites (tertiary alicyclic amines) is 1. The molecule has 3 aliphatic carbocycles. The van der Waals surface area contributed by atoms with Crippen molar-refractivity contribution in [2.45, 2.75) is 150 Å². The van der Waals surface area contributed by atoms with Crippen LogP contribution in [0.25, 0.3) is 0 Å². The molecule has 6 atom stereocenters. The number of allylic oxidation sites excluding steroid dienone is 1. The average molecular weight is 837 g/mol. The van der Waals surface area contributed by atoms with Gasteiger partial charge in [0.15, 0.2) is 0 Å². The van der Waals surface area contributed by atoms with Gasteiger partial charge in [-0.05, 0) is 108 Å². The fraction of sp³-hybridized carbons (Fsp3) is 0.698. The molecule has 5 amide bonds. The van der Waals surface area contributed by atoms with Gasteiger partial charge < -0.3 is 29.9 Å². The first kappa shape index (κ1) is 41.5. The molecule has 3 saturated carbocycles. The predicted molar refractivity (Wildman–Crippen MR) is 217 cm³/mol. The number of ether oxygens (including phenoxy) is 2. The molecule has 0 bridgehead atoms. The molecule has 15 nitrogen and oxygen atoms in total. The monoisotopic (exact) mass is 836 g/mol. The van der Waals surface area contributed by atoms with Gasteiger partial charge in [-0.3, -0.25) is 24.0 Å². The minimum absolute atomic E-state index is 0.0393. The van der Waals surface area contributed by atoms with Crippen LogP contribution in [0.15, 0.2) is 36.4 Å². The van der Waals surface area contributed by atoms with Gasteiger partial charge >= 0.3 is 12.2 Å². The minimum atomic E-state index is -3.91. The Kier molecular flexibility index (Phi) is 12.5. The van der Waals surface area contributed by atoms with E-state index in [1.807, 2.05) is 24.3 Å². The van der Waals surface area contributed by atoms with Gasteiger partial charge in [-0.15, -0.1) is 0 Å². The van der Waals surface area contributed by atoms with E-state index in [4.69, 9.17) is 9.47 Å². The number of fused-ring (bicyclic) bond motifs is 3. The van der Waals surface area contributed by atoms with Crippen molar-refractivity contribution in [1.29, 1.82) is 0 Å². The van der Waals surface area contributed by atoms with Crippen LogP contribution in [0.2, 0.25) is 0 Å². The van der Waals surface area contributed by atoms with Gasteiger partial charge in [0.25, 0.3) is 5.91 Å². The largest absolute Gasteiger partial charge is 0.446 e. The lowest BCUT2D eigenvalue weighted by molar-refractivity contribution is -0.141. The van der Waals surface area contributed by atoms with E-state index in [1.165, 1.54) is 16.9 Å². The Morgan fingerprint density at radius 2 is 1.61 bits per heavy atom. The summed E-state index contributed by atoms with van der Waals surface area (Å²) in [4.78, 5) is 76.0. The molecule has 5 fully saturated rings. The van der Waals surface area contributed by atoms with Crippen LogP contribution in [0.1, 0.15) is 120 Å². The van der Waals surface area contributed by atoms with Crippen molar-refractivity contribution in [2.75, 3.05) is 32.7 Å². The molecular formula is C43H60N6O9S. The first-order valence-corrected chi connectivity index (χ1v) is 23.6. The van der Waals surface area contributed by atoms with Crippen molar-refractivity contribution < 1.29 is 41.9 Å². The third kappa shape index (κ3) is 9.58. The Hall–Kier alpha value is -4.18. The quantitative estimate of drug-likeness (QED) is 0.321. The van der Waals surface area contributed by atoms with Gasteiger partial charge in [0.1, 0.15) is 29.8 Å². The summed E-state index contributed by atoms with van der Waals surface area (Å²) >= 11 is 0. The molecule has 16 heteroatoms. The maximum Gasteiger partial charge on any atom is 0.410 e. The van der Waals surface area contributed by atoms with Crippen LogP contribution in [0, 0.1) is 5.92 Å². The molecule has 7 aliphatic rings. The number of amides is 5. The number of nitrogens with zero attached hydrogens (tertiary/aromatic N) is 3. The maximum atomic E-state index is 14.7. The van der Waals surface area contributed by atoms with Crippen LogP contribution >= 0.6 is 0 Å². The van der Waals surface area contributed by atoms with Crippen molar-refractivity contribution in [2.24, 2.45) is 5.92 Å². The summed E-state index contributed by atoms with van der Waals surface area (Å²) in [5, 5.41) is 5.06. The number of sulfonamides is 1. The summed E-state index contributed by atoms with van der Waals surface area (Å²) in [6, 6.07) is 5.79. The first-order chi connectivity index (χ1) is 28.5. The van der Waals surface area contributed by atoms with E-state index >= 15 is 0 Å². The number of alkyl carbamates (subject to hydrolysis) is 1. The lowest BCUT2D eigenvalue weighted by Gasteiger charge is -2.40. The maximum absolute atomic E-state index is 14.7. The van der Waals surface area contributed by atoms with E-state index in [2.05, 4.69) is 32.4 Å². The number of hydrogen-bond acceptors (Lipinski definition) is 10. The molecule has 4 heterocycles. The normalized spacial score (nSPS) is 31.4. The second kappa shape index (κ2) is 17.8. The second-order valence-corrected chi connectivity index (χ2v) is 19.7. The van der Waals surface area contributed by atoms with Gasteiger partial charge in [-0.1, -0.05) is 55.7 Å². The van der Waals surface area contributed by atoms with Crippen LogP contribution in [0.3, 0.4) is 0 Å². The Balaban J connectivity index is 1.04. The van der Waals surface area contributed by atoms with Crippen molar-refractivity contribution >= 4 is 39.9 Å². The molecule has 1 aromatic rings. The number of carbonyl (C=O) groups is 5. The Morgan fingerprint density at radius 1 is 0.864 bits per heavy atom. The highest BCUT2D eigenvalue weighted by atomic mass is 32.2. The van der Waals surface area contributed by atoms with Crippen molar-refractivity contribution in [3.05, 3.63) is 47.5 Å². The van der Waals surface area contributed by atoms with Crippen molar-refractivity contribution in [1.82, 2.24) is 30.1 Å². The van der Waals surface area contributed by atoms with E-state index in [9.17, 15) is 32.4 Å².